The van der Waals surface area contributed by atoms with Crippen molar-refractivity contribution in [2.24, 2.45) is 10.9 Å². The van der Waals surface area contributed by atoms with E-state index in [4.69, 9.17) is 15.7 Å². The van der Waals surface area contributed by atoms with Crippen molar-refractivity contribution in [2.45, 2.75) is 26.3 Å². The number of rotatable bonds is 6. The van der Waals surface area contributed by atoms with Crippen LogP contribution >= 0.6 is 0 Å². The Bertz CT molecular complexity index is 231. The van der Waals surface area contributed by atoms with Crippen LogP contribution in [0.4, 0.5) is 0 Å². The van der Waals surface area contributed by atoms with Crippen molar-refractivity contribution in [2.75, 3.05) is 20.3 Å². The zero-order valence-corrected chi connectivity index (χ0v) is 9.43. The van der Waals surface area contributed by atoms with E-state index in [-0.39, 0.29) is 24.4 Å². The van der Waals surface area contributed by atoms with Gasteiger partial charge in [-0.2, -0.15) is 0 Å². The second-order valence-corrected chi connectivity index (χ2v) is 3.29. The van der Waals surface area contributed by atoms with Crippen LogP contribution < -0.4 is 5.73 Å². The van der Waals surface area contributed by atoms with Gasteiger partial charge in [0.15, 0.2) is 0 Å². The van der Waals surface area contributed by atoms with E-state index in [1.807, 2.05) is 13.8 Å². The van der Waals surface area contributed by atoms with Gasteiger partial charge >= 0.3 is 0 Å². The molecule has 1 atom stereocenters. The van der Waals surface area contributed by atoms with Gasteiger partial charge in [0.05, 0.1) is 0 Å². The molecule has 0 fully saturated rings. The van der Waals surface area contributed by atoms with Crippen LogP contribution in [-0.4, -0.2) is 48.2 Å². The molecule has 0 saturated heterocycles. The topological polar surface area (TPSA) is 88.2 Å². The Kier molecular flexibility index (Phi) is 6.44. The molecule has 0 aromatic carbocycles. The first-order valence-electron chi connectivity index (χ1n) is 4.82. The van der Waals surface area contributed by atoms with Gasteiger partial charge in [-0.05, 0) is 13.8 Å². The van der Waals surface area contributed by atoms with Gasteiger partial charge in [-0.1, -0.05) is 5.16 Å². The molecule has 0 bridgehead atoms. The first-order valence-corrected chi connectivity index (χ1v) is 4.82. The number of oxime groups is 1. The third-order valence-corrected chi connectivity index (χ3v) is 2.12. The number of ether oxygens (including phenoxy) is 1. The molecule has 1 unspecified atom stereocenters. The van der Waals surface area contributed by atoms with E-state index in [1.54, 1.807) is 7.05 Å². The minimum absolute atomic E-state index is 0.0630. The summed E-state index contributed by atoms with van der Waals surface area (Å²) >= 11 is 0. The maximum absolute atomic E-state index is 11.5. The second-order valence-electron chi connectivity index (χ2n) is 3.29. The Morgan fingerprint density at radius 3 is 2.73 bits per heavy atom. The molecule has 0 aliphatic heterocycles. The van der Waals surface area contributed by atoms with Gasteiger partial charge in [-0.25, -0.2) is 0 Å². The molecule has 0 aliphatic carbocycles. The maximum atomic E-state index is 11.5. The van der Waals surface area contributed by atoms with Gasteiger partial charge in [0.25, 0.3) is 0 Å². The molecule has 6 nitrogen and oxygen atoms in total. The zero-order valence-electron chi connectivity index (χ0n) is 9.43. The van der Waals surface area contributed by atoms with E-state index in [2.05, 4.69) is 5.16 Å². The fourth-order valence-electron chi connectivity index (χ4n) is 1.02. The van der Waals surface area contributed by atoms with Crippen molar-refractivity contribution in [3.8, 4) is 0 Å². The van der Waals surface area contributed by atoms with Crippen LogP contribution in [0.2, 0.25) is 0 Å². The fraction of sp³-hybridized carbons (Fsp3) is 0.778. The summed E-state index contributed by atoms with van der Waals surface area (Å²) in [6, 6.07) is -0.117. The molecule has 0 rings (SSSR count). The number of nitrogens with two attached hydrogens (primary N) is 1. The third-order valence-electron chi connectivity index (χ3n) is 2.12. The summed E-state index contributed by atoms with van der Waals surface area (Å²) < 4.78 is 5.00. The lowest BCUT2D eigenvalue weighted by Gasteiger charge is -2.24. The minimum atomic E-state index is -0.117. The molecule has 0 radical (unpaired) electrons. The largest absolute Gasteiger partial charge is 0.409 e. The highest BCUT2D eigenvalue weighted by Crippen LogP contribution is 2.01. The summed E-state index contributed by atoms with van der Waals surface area (Å²) in [6.07, 6.45) is 0.338. The number of nitrogens with zero attached hydrogens (tertiary/aromatic N) is 2. The van der Waals surface area contributed by atoms with Crippen molar-refractivity contribution >= 4 is 11.7 Å². The Morgan fingerprint density at radius 1 is 1.67 bits per heavy atom. The normalized spacial score (nSPS) is 13.7. The molecule has 1 amide bonds. The van der Waals surface area contributed by atoms with Crippen LogP contribution in [0.25, 0.3) is 0 Å². The predicted octanol–water partition coefficient (Wildman–Crippen LogP) is 0.00630. The number of carbonyl (C=O) groups excluding carboxylic acids is 1. The standard InChI is InChI=1S/C9H19N3O3/c1-4-15-6-9(13)12(3)7(2)5-8(10)11-14/h7,14H,4-6H2,1-3H3,(H2,10,11). The molecule has 0 aliphatic rings. The molecule has 0 aromatic rings. The highest BCUT2D eigenvalue weighted by Gasteiger charge is 2.16. The average Bonchev–Trinajstić information content (AvgIpc) is 2.24. The number of amidine groups is 1. The summed E-state index contributed by atoms with van der Waals surface area (Å²) in [7, 11) is 1.66. The molecular formula is C9H19N3O3. The lowest BCUT2D eigenvalue weighted by Crippen LogP contribution is -2.39. The Labute approximate surface area is 89.7 Å². The maximum Gasteiger partial charge on any atom is 0.248 e. The highest BCUT2D eigenvalue weighted by molar-refractivity contribution is 5.82. The third kappa shape index (κ3) is 5.21. The van der Waals surface area contributed by atoms with Crippen LogP contribution in [0.3, 0.4) is 0 Å². The van der Waals surface area contributed by atoms with Crippen LogP contribution in [0, 0.1) is 0 Å². The first-order chi connectivity index (χ1) is 7.02. The van der Waals surface area contributed by atoms with Crippen molar-refractivity contribution in [1.29, 1.82) is 0 Å². The lowest BCUT2D eigenvalue weighted by atomic mass is 10.2. The summed E-state index contributed by atoms with van der Waals surface area (Å²) in [6.45, 7) is 4.22. The Hall–Kier alpha value is -1.30. The second kappa shape index (κ2) is 7.05. The Balaban J connectivity index is 4.07. The molecule has 3 N–H and O–H groups in total. The van der Waals surface area contributed by atoms with Crippen molar-refractivity contribution in [3.63, 3.8) is 0 Å². The van der Waals surface area contributed by atoms with Gasteiger partial charge in [-0.15, -0.1) is 0 Å². The predicted molar refractivity (Wildman–Crippen MR) is 56.8 cm³/mol. The van der Waals surface area contributed by atoms with Crippen LogP contribution in [0.15, 0.2) is 5.16 Å². The summed E-state index contributed by atoms with van der Waals surface area (Å²) in [5, 5.41) is 11.2. The van der Waals surface area contributed by atoms with Crippen LogP contribution in [0.1, 0.15) is 20.3 Å². The molecule has 0 saturated carbocycles. The van der Waals surface area contributed by atoms with Gasteiger partial charge in [-0.3, -0.25) is 4.79 Å². The van der Waals surface area contributed by atoms with E-state index in [0.717, 1.165) is 0 Å². The summed E-state index contributed by atoms with van der Waals surface area (Å²) in [5.41, 5.74) is 5.34. The van der Waals surface area contributed by atoms with Gasteiger partial charge in [0.2, 0.25) is 5.91 Å². The van der Waals surface area contributed by atoms with E-state index in [1.165, 1.54) is 4.90 Å². The minimum Gasteiger partial charge on any atom is -0.409 e. The van der Waals surface area contributed by atoms with Crippen LogP contribution in [0.5, 0.6) is 0 Å². The monoisotopic (exact) mass is 217 g/mol. The smallest absolute Gasteiger partial charge is 0.248 e. The van der Waals surface area contributed by atoms with Crippen molar-refractivity contribution in [3.05, 3.63) is 0 Å². The van der Waals surface area contributed by atoms with Gasteiger partial charge in [0, 0.05) is 26.1 Å². The van der Waals surface area contributed by atoms with E-state index in [9.17, 15) is 4.79 Å². The first kappa shape index (κ1) is 13.7. The molecule has 88 valence electrons. The molecule has 6 heteroatoms. The molecule has 0 aromatic heterocycles. The fourth-order valence-corrected chi connectivity index (χ4v) is 1.02. The number of hydrogen-bond donors (Lipinski definition) is 2. The summed E-state index contributed by atoms with van der Waals surface area (Å²) in [4.78, 5) is 13.0. The van der Waals surface area contributed by atoms with E-state index >= 15 is 0 Å². The molecule has 0 spiro atoms. The lowest BCUT2D eigenvalue weighted by molar-refractivity contribution is -0.136. The van der Waals surface area contributed by atoms with Crippen molar-refractivity contribution < 1.29 is 14.7 Å². The summed E-state index contributed by atoms with van der Waals surface area (Å²) in [5.74, 6) is -0.00588. The number of carbonyl (C=O) groups is 1. The van der Waals surface area contributed by atoms with Crippen molar-refractivity contribution in [1.82, 2.24) is 4.90 Å². The highest BCUT2D eigenvalue weighted by atomic mass is 16.5. The van der Waals surface area contributed by atoms with E-state index < -0.39 is 0 Å². The zero-order chi connectivity index (χ0) is 11.8. The van der Waals surface area contributed by atoms with E-state index in [0.29, 0.717) is 13.0 Å². The SMILES string of the molecule is CCOCC(=O)N(C)C(C)CC(N)=NO. The average molecular weight is 217 g/mol. The number of hydrogen-bond acceptors (Lipinski definition) is 4. The molecule has 0 heterocycles. The molecular weight excluding hydrogens is 198 g/mol. The number of amides is 1. The van der Waals surface area contributed by atoms with Gasteiger partial charge in [0.1, 0.15) is 12.4 Å². The van der Waals surface area contributed by atoms with Gasteiger partial charge < -0.3 is 20.6 Å². The Morgan fingerprint density at radius 2 is 2.27 bits per heavy atom. The molecule has 15 heavy (non-hydrogen) atoms. The van der Waals surface area contributed by atoms with Crippen LogP contribution in [-0.2, 0) is 9.53 Å². The quantitative estimate of drug-likeness (QED) is 0.284. The number of likely N-dealkylation sites (N-methyl/N-ethyl adjacent to an activating group) is 1.